The molecule has 4 heteroatoms. The number of rotatable bonds is 6. The Balaban J connectivity index is 1.88. The van der Waals surface area contributed by atoms with Gasteiger partial charge in [-0.2, -0.15) is 0 Å². The zero-order valence-electron chi connectivity index (χ0n) is 7.60. The van der Waals surface area contributed by atoms with Crippen molar-refractivity contribution in [1.82, 2.24) is 10.6 Å². The van der Waals surface area contributed by atoms with Crippen molar-refractivity contribution in [3.8, 4) is 0 Å². The molecular weight excluding hydrogens is 156 g/mol. The molecule has 0 radical (unpaired) electrons. The van der Waals surface area contributed by atoms with Gasteiger partial charge in [-0.05, 0) is 6.92 Å². The van der Waals surface area contributed by atoms with Crippen LogP contribution in [0.2, 0.25) is 0 Å². The molecule has 0 unspecified atom stereocenters. The second-order valence-corrected chi connectivity index (χ2v) is 3.20. The summed E-state index contributed by atoms with van der Waals surface area (Å²) >= 11 is 0. The van der Waals surface area contributed by atoms with Crippen LogP contribution in [0, 0.1) is 0 Å². The summed E-state index contributed by atoms with van der Waals surface area (Å²) in [6.45, 7) is 6.34. The third kappa shape index (κ3) is 3.06. The van der Waals surface area contributed by atoms with Gasteiger partial charge in [0.2, 0.25) is 0 Å². The fourth-order valence-corrected chi connectivity index (χ4v) is 1.15. The van der Waals surface area contributed by atoms with E-state index in [1.807, 2.05) is 6.92 Å². The molecular formula is C8H18N2O2. The van der Waals surface area contributed by atoms with Crippen LogP contribution in [0.3, 0.4) is 0 Å². The van der Waals surface area contributed by atoms with Crippen LogP contribution >= 0.6 is 0 Å². The van der Waals surface area contributed by atoms with E-state index >= 15 is 0 Å². The van der Waals surface area contributed by atoms with Crippen molar-refractivity contribution < 1.29 is 9.84 Å². The first-order valence-corrected chi connectivity index (χ1v) is 4.48. The lowest BCUT2D eigenvalue weighted by molar-refractivity contribution is -0.00948. The zero-order valence-corrected chi connectivity index (χ0v) is 7.60. The van der Waals surface area contributed by atoms with Crippen molar-refractivity contribution >= 4 is 0 Å². The van der Waals surface area contributed by atoms with Gasteiger partial charge >= 0.3 is 0 Å². The summed E-state index contributed by atoms with van der Waals surface area (Å²) in [5.41, 5.74) is -0.508. The van der Waals surface area contributed by atoms with Gasteiger partial charge in [0.25, 0.3) is 0 Å². The van der Waals surface area contributed by atoms with Gasteiger partial charge in [-0.1, -0.05) is 0 Å². The maximum Gasteiger partial charge on any atom is 0.102 e. The minimum Gasteiger partial charge on any atom is -0.386 e. The Bertz CT molecular complexity index is 126. The fourth-order valence-electron chi connectivity index (χ4n) is 1.15. The van der Waals surface area contributed by atoms with E-state index in [4.69, 9.17) is 4.74 Å². The Morgan fingerprint density at radius 2 is 2.33 bits per heavy atom. The monoisotopic (exact) mass is 174 g/mol. The predicted molar refractivity (Wildman–Crippen MR) is 47.2 cm³/mol. The van der Waals surface area contributed by atoms with Gasteiger partial charge < -0.3 is 20.5 Å². The maximum atomic E-state index is 9.60. The summed E-state index contributed by atoms with van der Waals surface area (Å²) in [5, 5.41) is 15.8. The second kappa shape index (κ2) is 4.77. The van der Waals surface area contributed by atoms with E-state index in [2.05, 4.69) is 10.6 Å². The van der Waals surface area contributed by atoms with Gasteiger partial charge in [0.15, 0.2) is 0 Å². The van der Waals surface area contributed by atoms with Gasteiger partial charge in [0.05, 0.1) is 6.61 Å². The smallest absolute Gasteiger partial charge is 0.102 e. The van der Waals surface area contributed by atoms with Gasteiger partial charge in [0, 0.05) is 32.8 Å². The van der Waals surface area contributed by atoms with E-state index in [1.165, 1.54) is 0 Å². The Hall–Kier alpha value is -0.160. The third-order valence-electron chi connectivity index (χ3n) is 1.99. The van der Waals surface area contributed by atoms with Gasteiger partial charge in [-0.3, -0.25) is 0 Å². The number of hydrogen-bond acceptors (Lipinski definition) is 4. The molecule has 1 fully saturated rings. The molecule has 0 saturated carbocycles. The maximum absolute atomic E-state index is 9.60. The number of β-amino-alcohol motifs (C(OH)–C–C–N with tert-alkyl or cyclic N) is 1. The molecule has 1 saturated heterocycles. The topological polar surface area (TPSA) is 53.5 Å². The van der Waals surface area contributed by atoms with E-state index in [-0.39, 0.29) is 0 Å². The molecule has 1 aliphatic rings. The largest absolute Gasteiger partial charge is 0.386 e. The summed E-state index contributed by atoms with van der Waals surface area (Å²) in [5.74, 6) is 0. The number of ether oxygens (including phenoxy) is 1. The molecule has 1 aliphatic heterocycles. The fraction of sp³-hybridized carbons (Fsp3) is 1.00. The molecule has 0 spiro atoms. The van der Waals surface area contributed by atoms with E-state index in [1.54, 1.807) is 0 Å². The van der Waals surface area contributed by atoms with Crippen LogP contribution in [0.1, 0.15) is 6.92 Å². The molecule has 0 amide bonds. The van der Waals surface area contributed by atoms with Crippen LogP contribution in [0.25, 0.3) is 0 Å². The number of nitrogens with one attached hydrogen (secondary N) is 2. The second-order valence-electron chi connectivity index (χ2n) is 3.20. The summed E-state index contributed by atoms with van der Waals surface area (Å²) in [6, 6.07) is 0. The highest BCUT2D eigenvalue weighted by molar-refractivity contribution is 4.94. The minimum absolute atomic E-state index is 0.508. The molecule has 12 heavy (non-hydrogen) atoms. The molecule has 4 nitrogen and oxygen atoms in total. The summed E-state index contributed by atoms with van der Waals surface area (Å²) in [6.07, 6.45) is 0. The normalized spacial score (nSPS) is 20.5. The lowest BCUT2D eigenvalue weighted by atomic mass is 9.97. The average Bonchev–Trinajstić information content (AvgIpc) is 2.01. The van der Waals surface area contributed by atoms with E-state index < -0.39 is 5.60 Å². The first kappa shape index (κ1) is 9.92. The quantitative estimate of drug-likeness (QED) is 0.450. The first-order valence-electron chi connectivity index (χ1n) is 4.48. The van der Waals surface area contributed by atoms with Gasteiger partial charge in [-0.25, -0.2) is 0 Å². The zero-order chi connectivity index (χ0) is 8.86. The molecule has 72 valence electrons. The molecule has 0 bridgehead atoms. The Morgan fingerprint density at radius 3 is 2.83 bits per heavy atom. The van der Waals surface area contributed by atoms with Crippen LogP contribution in [-0.2, 0) is 4.74 Å². The standard InChI is InChI=1S/C8H18N2O2/c1-2-12-4-3-9-5-8(11)6-10-7-8/h9-11H,2-7H2,1H3. The lowest BCUT2D eigenvalue weighted by Crippen LogP contribution is -2.64. The molecule has 0 aromatic rings. The lowest BCUT2D eigenvalue weighted by Gasteiger charge is -2.37. The molecule has 0 atom stereocenters. The van der Waals surface area contributed by atoms with Crippen molar-refractivity contribution in [2.75, 3.05) is 39.4 Å². The van der Waals surface area contributed by atoms with Gasteiger partial charge in [-0.15, -0.1) is 0 Å². The van der Waals surface area contributed by atoms with Crippen molar-refractivity contribution in [2.45, 2.75) is 12.5 Å². The molecule has 0 aliphatic carbocycles. The van der Waals surface area contributed by atoms with E-state index in [9.17, 15) is 5.11 Å². The van der Waals surface area contributed by atoms with Crippen LogP contribution in [0.5, 0.6) is 0 Å². The molecule has 0 aromatic heterocycles. The Kier molecular flexibility index (Phi) is 3.94. The van der Waals surface area contributed by atoms with Crippen LogP contribution < -0.4 is 10.6 Å². The summed E-state index contributed by atoms with van der Waals surface area (Å²) in [7, 11) is 0. The minimum atomic E-state index is -0.508. The number of aliphatic hydroxyl groups is 1. The van der Waals surface area contributed by atoms with Crippen molar-refractivity contribution in [2.24, 2.45) is 0 Å². The highest BCUT2D eigenvalue weighted by atomic mass is 16.5. The Labute approximate surface area is 73.3 Å². The van der Waals surface area contributed by atoms with E-state index in [0.717, 1.165) is 19.8 Å². The Morgan fingerprint density at radius 1 is 1.58 bits per heavy atom. The molecule has 1 heterocycles. The van der Waals surface area contributed by atoms with E-state index in [0.29, 0.717) is 19.6 Å². The number of hydrogen-bond donors (Lipinski definition) is 3. The average molecular weight is 174 g/mol. The molecule has 1 rings (SSSR count). The van der Waals surface area contributed by atoms with Crippen LogP contribution in [0.15, 0.2) is 0 Å². The summed E-state index contributed by atoms with van der Waals surface area (Å²) < 4.78 is 5.14. The van der Waals surface area contributed by atoms with Crippen molar-refractivity contribution in [1.29, 1.82) is 0 Å². The highest BCUT2D eigenvalue weighted by Gasteiger charge is 2.33. The first-order chi connectivity index (χ1) is 5.77. The summed E-state index contributed by atoms with van der Waals surface area (Å²) in [4.78, 5) is 0. The predicted octanol–water partition coefficient (Wildman–Crippen LogP) is -1.05. The third-order valence-corrected chi connectivity index (χ3v) is 1.99. The SMILES string of the molecule is CCOCCNCC1(O)CNC1. The van der Waals surface area contributed by atoms with Crippen molar-refractivity contribution in [3.05, 3.63) is 0 Å². The van der Waals surface area contributed by atoms with Crippen LogP contribution in [-0.4, -0.2) is 50.1 Å². The molecule has 0 aromatic carbocycles. The highest BCUT2D eigenvalue weighted by Crippen LogP contribution is 2.07. The molecule has 3 N–H and O–H groups in total. The van der Waals surface area contributed by atoms with Crippen molar-refractivity contribution in [3.63, 3.8) is 0 Å². The van der Waals surface area contributed by atoms with Crippen LogP contribution in [0.4, 0.5) is 0 Å². The van der Waals surface area contributed by atoms with Gasteiger partial charge in [0.1, 0.15) is 5.60 Å².